The van der Waals surface area contributed by atoms with Gasteiger partial charge in [0.25, 0.3) is 0 Å². The predicted molar refractivity (Wildman–Crippen MR) is 20.1 cm³/mol. The standard InChI is InChI=1S/C3H4N3.Li/c1-3-2-4-6-5-3;/h2H,1H3;/q-1;+1. The van der Waals surface area contributed by atoms with Gasteiger partial charge in [-0.2, -0.15) is 0 Å². The topological polar surface area (TPSA) is 39.9 Å². The van der Waals surface area contributed by atoms with Gasteiger partial charge in [0.2, 0.25) is 0 Å². The number of hydrogen-bond donors (Lipinski definition) is 0. The van der Waals surface area contributed by atoms with Crippen LogP contribution in [0.4, 0.5) is 0 Å². The molecule has 4 heteroatoms. The molecular weight excluding hydrogens is 85.0 g/mol. The number of aromatic nitrogens is 3. The van der Waals surface area contributed by atoms with Crippen molar-refractivity contribution in [2.24, 2.45) is 0 Å². The molecule has 1 heterocycles. The number of hydrogen-bond acceptors (Lipinski definition) is 2. The van der Waals surface area contributed by atoms with E-state index in [2.05, 4.69) is 15.4 Å². The van der Waals surface area contributed by atoms with Crippen LogP contribution in [0.1, 0.15) is 5.69 Å². The Balaban J connectivity index is 0.000000360. The Morgan fingerprint density at radius 3 is 2.57 bits per heavy atom. The fourth-order valence-corrected chi connectivity index (χ4v) is 0.232. The van der Waals surface area contributed by atoms with Gasteiger partial charge >= 0.3 is 18.9 Å². The van der Waals surface area contributed by atoms with Gasteiger partial charge in [0.15, 0.2) is 0 Å². The van der Waals surface area contributed by atoms with E-state index in [0.29, 0.717) is 0 Å². The third-order valence-corrected chi connectivity index (χ3v) is 0.499. The van der Waals surface area contributed by atoms with E-state index in [1.165, 1.54) is 0 Å². The minimum absolute atomic E-state index is 0. The van der Waals surface area contributed by atoms with E-state index in [9.17, 15) is 0 Å². The molecule has 1 aromatic rings. The zero-order valence-electron chi connectivity index (χ0n) is 4.42. The van der Waals surface area contributed by atoms with E-state index in [1.54, 1.807) is 6.20 Å². The summed E-state index contributed by atoms with van der Waals surface area (Å²) in [5.74, 6) is 0. The zero-order valence-corrected chi connectivity index (χ0v) is 4.42. The zero-order chi connectivity index (χ0) is 4.41. The van der Waals surface area contributed by atoms with Crippen molar-refractivity contribution in [2.45, 2.75) is 6.92 Å². The first kappa shape index (κ1) is 6.74. The molecule has 32 valence electrons. The van der Waals surface area contributed by atoms with Gasteiger partial charge in [0.05, 0.1) is 0 Å². The maximum atomic E-state index is 3.56. The Morgan fingerprint density at radius 2 is 2.43 bits per heavy atom. The summed E-state index contributed by atoms with van der Waals surface area (Å²) in [5, 5.41) is 10.3. The second-order valence-electron chi connectivity index (χ2n) is 1.08. The van der Waals surface area contributed by atoms with Crippen molar-refractivity contribution in [1.82, 2.24) is 15.4 Å². The van der Waals surface area contributed by atoms with Crippen LogP contribution in [-0.2, 0) is 0 Å². The Labute approximate surface area is 53.7 Å². The maximum Gasteiger partial charge on any atom is 1.00 e. The summed E-state index contributed by atoms with van der Waals surface area (Å²) >= 11 is 0. The van der Waals surface area contributed by atoms with Crippen molar-refractivity contribution in [1.29, 1.82) is 0 Å². The van der Waals surface area contributed by atoms with Crippen LogP contribution in [0.15, 0.2) is 6.20 Å². The summed E-state index contributed by atoms with van der Waals surface area (Å²) in [5.41, 5.74) is 0.870. The molecule has 0 bridgehead atoms. The third kappa shape index (κ3) is 1.77. The van der Waals surface area contributed by atoms with Crippen molar-refractivity contribution in [2.75, 3.05) is 0 Å². The fraction of sp³-hybridized carbons (Fsp3) is 0.333. The summed E-state index contributed by atoms with van der Waals surface area (Å²) in [6.07, 6.45) is 1.61. The summed E-state index contributed by atoms with van der Waals surface area (Å²) in [6.45, 7) is 1.85. The van der Waals surface area contributed by atoms with Crippen LogP contribution in [0.5, 0.6) is 0 Å². The molecule has 0 aliphatic heterocycles. The van der Waals surface area contributed by atoms with Gasteiger partial charge in [-0.1, -0.05) is 11.9 Å². The van der Waals surface area contributed by atoms with E-state index >= 15 is 0 Å². The predicted octanol–water partition coefficient (Wildman–Crippen LogP) is -3.25. The first-order valence-corrected chi connectivity index (χ1v) is 1.67. The van der Waals surface area contributed by atoms with Gasteiger partial charge in [-0.15, -0.1) is 0 Å². The molecular formula is C3H4LiN3. The molecule has 3 nitrogen and oxygen atoms in total. The average molecular weight is 89.0 g/mol. The quantitative estimate of drug-likeness (QED) is 0.313. The average Bonchev–Trinajstić information content (AvgIpc) is 1.86. The van der Waals surface area contributed by atoms with Crippen LogP contribution in [0, 0.1) is 6.92 Å². The smallest absolute Gasteiger partial charge is 0.358 e. The molecule has 0 fully saturated rings. The van der Waals surface area contributed by atoms with Gasteiger partial charge in [0.1, 0.15) is 0 Å². The van der Waals surface area contributed by atoms with Crippen LogP contribution in [-0.4, -0.2) is 10.3 Å². The molecule has 0 N–H and O–H groups in total. The van der Waals surface area contributed by atoms with Gasteiger partial charge in [-0.25, -0.2) is 0 Å². The molecule has 0 aliphatic rings. The molecule has 0 atom stereocenters. The van der Waals surface area contributed by atoms with Crippen molar-refractivity contribution in [3.8, 4) is 0 Å². The monoisotopic (exact) mass is 89.1 g/mol. The molecule has 0 aliphatic carbocycles. The summed E-state index contributed by atoms with van der Waals surface area (Å²) < 4.78 is 0. The number of nitrogens with zero attached hydrogens (tertiary/aromatic N) is 3. The Morgan fingerprint density at radius 1 is 1.71 bits per heavy atom. The van der Waals surface area contributed by atoms with Crippen molar-refractivity contribution in [3.63, 3.8) is 0 Å². The van der Waals surface area contributed by atoms with Gasteiger partial charge in [-0.05, 0) is 6.92 Å². The SMILES string of the molecule is Cc1c[n-]nn1.[Li+]. The number of rotatable bonds is 0. The summed E-state index contributed by atoms with van der Waals surface area (Å²) in [7, 11) is 0. The Kier molecular flexibility index (Phi) is 2.73. The van der Waals surface area contributed by atoms with Crippen molar-refractivity contribution < 1.29 is 18.9 Å². The van der Waals surface area contributed by atoms with E-state index in [1.807, 2.05) is 6.92 Å². The molecule has 0 saturated carbocycles. The molecule has 0 unspecified atom stereocenters. The normalized spacial score (nSPS) is 7.57. The minimum Gasteiger partial charge on any atom is -0.358 e. The molecule has 1 rings (SSSR count). The van der Waals surface area contributed by atoms with E-state index < -0.39 is 0 Å². The molecule has 0 saturated heterocycles. The van der Waals surface area contributed by atoms with Gasteiger partial charge < -0.3 is 10.2 Å². The minimum atomic E-state index is 0. The fourth-order valence-electron chi connectivity index (χ4n) is 0.232. The van der Waals surface area contributed by atoms with E-state index in [-0.39, 0.29) is 18.9 Å². The second kappa shape index (κ2) is 2.84. The van der Waals surface area contributed by atoms with Crippen LogP contribution in [0.3, 0.4) is 0 Å². The van der Waals surface area contributed by atoms with E-state index in [4.69, 9.17) is 0 Å². The Hall–Kier alpha value is -0.263. The molecule has 0 radical (unpaired) electrons. The number of aryl methyl sites for hydroxylation is 1. The summed E-state index contributed by atoms with van der Waals surface area (Å²) in [6, 6.07) is 0. The van der Waals surface area contributed by atoms with Gasteiger partial charge in [0, 0.05) is 0 Å². The largest absolute Gasteiger partial charge is 1.00 e. The van der Waals surface area contributed by atoms with Crippen LogP contribution in [0.25, 0.3) is 0 Å². The Bertz CT molecular complexity index is 114. The second-order valence-corrected chi connectivity index (χ2v) is 1.08. The molecule has 0 aromatic carbocycles. The summed E-state index contributed by atoms with van der Waals surface area (Å²) in [4.78, 5) is 0. The molecule has 0 spiro atoms. The molecule has 7 heavy (non-hydrogen) atoms. The van der Waals surface area contributed by atoms with Gasteiger partial charge in [-0.3, -0.25) is 5.21 Å². The third-order valence-electron chi connectivity index (χ3n) is 0.499. The van der Waals surface area contributed by atoms with Crippen LogP contribution < -0.4 is 24.0 Å². The first-order chi connectivity index (χ1) is 2.89. The maximum absolute atomic E-state index is 3.56. The first-order valence-electron chi connectivity index (χ1n) is 1.67. The van der Waals surface area contributed by atoms with Crippen LogP contribution >= 0.6 is 0 Å². The van der Waals surface area contributed by atoms with Crippen LogP contribution in [0.2, 0.25) is 0 Å². The van der Waals surface area contributed by atoms with Crippen molar-refractivity contribution >= 4 is 0 Å². The van der Waals surface area contributed by atoms with E-state index in [0.717, 1.165) is 5.69 Å². The molecule has 1 aromatic heterocycles. The molecule has 0 amide bonds. The van der Waals surface area contributed by atoms with Crippen molar-refractivity contribution in [3.05, 3.63) is 11.9 Å².